The summed E-state index contributed by atoms with van der Waals surface area (Å²) in [6.45, 7) is 3.55. The van der Waals surface area contributed by atoms with Gasteiger partial charge in [0.2, 0.25) is 0 Å². The lowest BCUT2D eigenvalue weighted by molar-refractivity contribution is -0.124. The summed E-state index contributed by atoms with van der Waals surface area (Å²) in [5.74, 6) is 1.19. The van der Waals surface area contributed by atoms with Gasteiger partial charge in [-0.15, -0.1) is 0 Å². The number of phenolic OH excluding ortho intramolecular Hbond substituents is 1. The number of hydrogen-bond acceptors (Lipinski definition) is 4. The monoisotopic (exact) mass is 384 g/mol. The van der Waals surface area contributed by atoms with Gasteiger partial charge in [0.05, 0.1) is 10.2 Å². The highest BCUT2D eigenvalue weighted by Gasteiger charge is 2.43. The number of rotatable bonds is 5. The van der Waals surface area contributed by atoms with E-state index in [9.17, 15) is 14.7 Å². The second-order valence-corrected chi connectivity index (χ2v) is 8.38. The zero-order valence-electron chi connectivity index (χ0n) is 12.9. The molecular weight excluding hydrogens is 364 g/mol. The molecule has 0 aromatic heterocycles. The van der Waals surface area contributed by atoms with Crippen LogP contribution in [0.1, 0.15) is 44.2 Å². The van der Waals surface area contributed by atoms with Crippen molar-refractivity contribution >= 4 is 38.6 Å². The number of unbranched alkanes of at least 4 members (excludes halogenated alkanes) is 1. The number of carbonyl (C=O) groups excluding carboxylic acids is 2. The second kappa shape index (κ2) is 7.18. The minimum absolute atomic E-state index is 0.135. The first-order valence-electron chi connectivity index (χ1n) is 7.48. The molecule has 0 radical (unpaired) electrons. The molecule has 0 saturated carbocycles. The molecule has 1 N–H and O–H groups in total. The van der Waals surface area contributed by atoms with E-state index in [0.29, 0.717) is 6.42 Å². The maximum atomic E-state index is 12.7. The molecular formula is C17H21BrO3S. The third-order valence-electron chi connectivity index (χ3n) is 4.29. The van der Waals surface area contributed by atoms with Gasteiger partial charge in [0.25, 0.3) is 0 Å². The lowest BCUT2D eigenvalue weighted by Gasteiger charge is -2.37. The number of thioether (sulfide) groups is 1. The summed E-state index contributed by atoms with van der Waals surface area (Å²) in [5, 5.41) is 9.91. The van der Waals surface area contributed by atoms with E-state index in [0.717, 1.165) is 36.1 Å². The van der Waals surface area contributed by atoms with Gasteiger partial charge in [-0.05, 0) is 49.4 Å². The molecule has 22 heavy (non-hydrogen) atoms. The van der Waals surface area contributed by atoms with Crippen molar-refractivity contribution in [1.29, 1.82) is 0 Å². The van der Waals surface area contributed by atoms with E-state index in [1.165, 1.54) is 11.8 Å². The Morgan fingerprint density at radius 1 is 1.45 bits per heavy atom. The zero-order valence-corrected chi connectivity index (χ0v) is 15.3. The summed E-state index contributed by atoms with van der Waals surface area (Å²) in [7, 11) is 0. The number of aromatic hydroxyl groups is 1. The third-order valence-corrected chi connectivity index (χ3v) is 5.93. The number of ketones is 1. The van der Waals surface area contributed by atoms with Crippen molar-refractivity contribution < 1.29 is 14.7 Å². The lowest BCUT2D eigenvalue weighted by atomic mass is 9.67. The molecule has 2 rings (SSSR count). The van der Waals surface area contributed by atoms with Crippen molar-refractivity contribution in [3.8, 4) is 5.75 Å². The summed E-state index contributed by atoms with van der Waals surface area (Å²) < 4.78 is 0. The first-order chi connectivity index (χ1) is 10.3. The third kappa shape index (κ3) is 3.74. The molecule has 0 saturated heterocycles. The Hall–Kier alpha value is -0.810. The van der Waals surface area contributed by atoms with Gasteiger partial charge in [0.15, 0.2) is 10.9 Å². The first-order valence-corrected chi connectivity index (χ1v) is 9.39. The number of fused-ring (bicyclic) bond motifs is 1. The van der Waals surface area contributed by atoms with E-state index in [1.807, 2.05) is 13.0 Å². The molecule has 1 aromatic carbocycles. The Labute approximate surface area is 144 Å². The van der Waals surface area contributed by atoms with Crippen LogP contribution in [0.2, 0.25) is 0 Å². The molecule has 0 bridgehead atoms. The molecule has 0 spiro atoms. The highest BCUT2D eigenvalue weighted by molar-refractivity contribution is 9.10. The van der Waals surface area contributed by atoms with Crippen molar-refractivity contribution in [1.82, 2.24) is 0 Å². The Morgan fingerprint density at radius 3 is 2.86 bits per heavy atom. The van der Waals surface area contributed by atoms with Gasteiger partial charge in [0.1, 0.15) is 5.75 Å². The van der Waals surface area contributed by atoms with Crippen LogP contribution in [0.5, 0.6) is 5.75 Å². The number of alkyl halides is 1. The average Bonchev–Trinajstić information content (AvgIpc) is 2.46. The zero-order chi connectivity index (χ0) is 16.3. The summed E-state index contributed by atoms with van der Waals surface area (Å²) >= 11 is 4.83. The SMILES string of the molecule is CC(=O)SCCCCC1(C)C(=O)C(Br)Cc2ccc(O)cc21. The molecule has 2 unspecified atom stereocenters. The molecule has 1 aromatic rings. The maximum Gasteiger partial charge on any atom is 0.185 e. The molecule has 0 heterocycles. The predicted molar refractivity (Wildman–Crippen MR) is 93.9 cm³/mol. The quantitative estimate of drug-likeness (QED) is 0.615. The van der Waals surface area contributed by atoms with Gasteiger partial charge < -0.3 is 5.11 Å². The Morgan fingerprint density at radius 2 is 2.18 bits per heavy atom. The van der Waals surface area contributed by atoms with Gasteiger partial charge >= 0.3 is 0 Å². The van der Waals surface area contributed by atoms with E-state index in [4.69, 9.17) is 0 Å². The number of benzene rings is 1. The van der Waals surface area contributed by atoms with Crippen LogP contribution >= 0.6 is 27.7 Å². The van der Waals surface area contributed by atoms with Crippen LogP contribution in [0.4, 0.5) is 0 Å². The smallest absolute Gasteiger partial charge is 0.185 e. The standard InChI is InChI=1S/C17H21BrO3S/c1-11(19)22-8-4-3-7-17(2)14-10-13(20)6-5-12(14)9-15(18)16(17)21/h5-6,10,15,20H,3-4,7-9H2,1-2H3. The van der Waals surface area contributed by atoms with Gasteiger partial charge in [0, 0.05) is 12.7 Å². The number of carbonyl (C=O) groups is 2. The summed E-state index contributed by atoms with van der Waals surface area (Å²) in [5.41, 5.74) is 1.51. The van der Waals surface area contributed by atoms with E-state index in [2.05, 4.69) is 15.9 Å². The van der Waals surface area contributed by atoms with Gasteiger partial charge in [-0.2, -0.15) is 0 Å². The minimum Gasteiger partial charge on any atom is -0.508 e. The molecule has 120 valence electrons. The van der Waals surface area contributed by atoms with Crippen LogP contribution in [0.25, 0.3) is 0 Å². The minimum atomic E-state index is -0.568. The molecule has 0 amide bonds. The van der Waals surface area contributed by atoms with Crippen LogP contribution in [0.15, 0.2) is 18.2 Å². The Bertz CT molecular complexity index is 587. The normalized spacial score (nSPS) is 24.1. The number of Topliss-reactive ketones (excluding diaryl/α,β-unsaturated/α-hetero) is 1. The first kappa shape index (κ1) is 17.5. The molecule has 3 nitrogen and oxygen atoms in total. The van der Waals surface area contributed by atoms with Gasteiger partial charge in [-0.1, -0.05) is 40.2 Å². The van der Waals surface area contributed by atoms with Gasteiger partial charge in [-0.3, -0.25) is 9.59 Å². The fourth-order valence-electron chi connectivity index (χ4n) is 3.07. The highest BCUT2D eigenvalue weighted by atomic mass is 79.9. The second-order valence-electron chi connectivity index (χ2n) is 6.01. The largest absolute Gasteiger partial charge is 0.508 e. The van der Waals surface area contributed by atoms with E-state index in [-0.39, 0.29) is 21.5 Å². The molecule has 0 fully saturated rings. The molecule has 1 aliphatic rings. The number of halogens is 1. The summed E-state index contributed by atoms with van der Waals surface area (Å²) in [6.07, 6.45) is 3.21. The summed E-state index contributed by atoms with van der Waals surface area (Å²) in [6, 6.07) is 5.32. The lowest BCUT2D eigenvalue weighted by Crippen LogP contribution is -2.43. The molecule has 0 aliphatic heterocycles. The number of phenols is 1. The van der Waals surface area contributed by atoms with Crippen molar-refractivity contribution in [3.63, 3.8) is 0 Å². The summed E-state index contributed by atoms with van der Waals surface area (Å²) in [4.78, 5) is 23.5. The Balaban J connectivity index is 2.14. The Kier molecular flexibility index (Phi) is 5.72. The molecule has 1 aliphatic carbocycles. The maximum absolute atomic E-state index is 12.7. The van der Waals surface area contributed by atoms with Crippen molar-refractivity contribution in [2.24, 2.45) is 0 Å². The topological polar surface area (TPSA) is 54.4 Å². The van der Waals surface area contributed by atoms with Crippen LogP contribution < -0.4 is 0 Å². The fraction of sp³-hybridized carbons (Fsp3) is 0.529. The van der Waals surface area contributed by atoms with Gasteiger partial charge in [-0.25, -0.2) is 0 Å². The average molecular weight is 385 g/mol. The van der Waals surface area contributed by atoms with Crippen molar-refractivity contribution in [3.05, 3.63) is 29.3 Å². The van der Waals surface area contributed by atoms with Crippen LogP contribution in [0, 0.1) is 0 Å². The number of hydrogen-bond donors (Lipinski definition) is 1. The highest BCUT2D eigenvalue weighted by Crippen LogP contribution is 2.41. The molecule has 2 atom stereocenters. The van der Waals surface area contributed by atoms with Crippen molar-refractivity contribution in [2.75, 3.05) is 5.75 Å². The van der Waals surface area contributed by atoms with Crippen LogP contribution in [0.3, 0.4) is 0 Å². The van der Waals surface area contributed by atoms with E-state index >= 15 is 0 Å². The van der Waals surface area contributed by atoms with Crippen LogP contribution in [-0.4, -0.2) is 26.6 Å². The van der Waals surface area contributed by atoms with Crippen molar-refractivity contribution in [2.45, 2.75) is 49.8 Å². The fourth-order valence-corrected chi connectivity index (χ4v) is 4.56. The van der Waals surface area contributed by atoms with E-state index < -0.39 is 5.41 Å². The van der Waals surface area contributed by atoms with E-state index in [1.54, 1.807) is 19.1 Å². The molecule has 5 heteroatoms. The predicted octanol–water partition coefficient (Wildman–Crippen LogP) is 3.99. The van der Waals surface area contributed by atoms with Crippen LogP contribution in [-0.2, 0) is 21.4 Å².